The van der Waals surface area contributed by atoms with Crippen molar-refractivity contribution in [3.63, 3.8) is 0 Å². The number of methoxy groups -OCH3 is 1. The number of nitrogens with zero attached hydrogens (tertiary/aromatic N) is 2. The highest BCUT2D eigenvalue weighted by molar-refractivity contribution is 6.11. The second-order valence-electron chi connectivity index (χ2n) is 7.85. The van der Waals surface area contributed by atoms with Crippen molar-refractivity contribution in [2.75, 3.05) is 31.4 Å². The van der Waals surface area contributed by atoms with Gasteiger partial charge in [-0.05, 0) is 73.0 Å². The van der Waals surface area contributed by atoms with Crippen molar-refractivity contribution in [2.45, 2.75) is 6.92 Å². The highest BCUT2D eigenvalue weighted by atomic mass is 16.5. The summed E-state index contributed by atoms with van der Waals surface area (Å²) in [4.78, 5) is 33.7. The van der Waals surface area contributed by atoms with Gasteiger partial charge in [-0.25, -0.2) is 9.97 Å². The van der Waals surface area contributed by atoms with Gasteiger partial charge in [0.05, 0.1) is 5.52 Å². The number of carbonyl (C=O) groups excluding carboxylic acids is 2. The number of nitrogens with one attached hydrogen (secondary N) is 2. The molecule has 36 heavy (non-hydrogen) atoms. The number of aromatic nitrogens is 2. The van der Waals surface area contributed by atoms with Crippen LogP contribution < -0.4 is 15.4 Å². The average Bonchev–Trinajstić information content (AvgIpc) is 2.88. The van der Waals surface area contributed by atoms with E-state index < -0.39 is 0 Å². The van der Waals surface area contributed by atoms with Gasteiger partial charge in [-0.1, -0.05) is 5.92 Å². The Hall–Kier alpha value is -4.74. The molecule has 0 saturated heterocycles. The molecule has 0 aliphatic carbocycles. The third-order valence-corrected chi connectivity index (χ3v) is 5.21. The van der Waals surface area contributed by atoms with Gasteiger partial charge in [0.2, 0.25) is 5.78 Å². The first-order valence-electron chi connectivity index (χ1n) is 11.1. The fourth-order valence-corrected chi connectivity index (χ4v) is 3.40. The zero-order valence-electron chi connectivity index (χ0n) is 20.1. The fourth-order valence-electron chi connectivity index (χ4n) is 3.40. The van der Waals surface area contributed by atoms with E-state index in [1.807, 2.05) is 13.0 Å². The summed E-state index contributed by atoms with van der Waals surface area (Å²) in [7, 11) is 3.28. The first-order valence-corrected chi connectivity index (χ1v) is 11.1. The average molecular weight is 481 g/mol. The van der Waals surface area contributed by atoms with Gasteiger partial charge in [-0.2, -0.15) is 0 Å². The Morgan fingerprint density at radius 1 is 0.972 bits per heavy atom. The van der Waals surface area contributed by atoms with Crippen LogP contribution >= 0.6 is 0 Å². The molecule has 8 heteroatoms. The van der Waals surface area contributed by atoms with Crippen LogP contribution in [-0.4, -0.2) is 42.4 Å². The molecule has 0 spiro atoms. The molecule has 0 atom stereocenters. The molecule has 0 radical (unpaired) electrons. The number of benzene rings is 2. The number of hydrogen-bond donors (Lipinski definition) is 2. The number of amides is 1. The van der Waals surface area contributed by atoms with Gasteiger partial charge in [-0.15, -0.1) is 0 Å². The summed E-state index contributed by atoms with van der Waals surface area (Å²) in [6.45, 7) is 2.11. The quantitative estimate of drug-likeness (QED) is 0.221. The van der Waals surface area contributed by atoms with E-state index in [-0.39, 0.29) is 18.3 Å². The third kappa shape index (κ3) is 5.84. The lowest BCUT2D eigenvalue weighted by Crippen LogP contribution is -2.12. The maximum absolute atomic E-state index is 12.6. The summed E-state index contributed by atoms with van der Waals surface area (Å²) in [5, 5.41) is 6.45. The lowest BCUT2D eigenvalue weighted by Gasteiger charge is -2.12. The number of hydrogen-bond acceptors (Lipinski definition) is 7. The molecule has 0 unspecified atom stereocenters. The molecule has 4 rings (SSSR count). The van der Waals surface area contributed by atoms with E-state index >= 15 is 0 Å². The summed E-state index contributed by atoms with van der Waals surface area (Å²) in [5.41, 5.74) is 2.54. The monoisotopic (exact) mass is 480 g/mol. The second kappa shape index (κ2) is 11.1. The molecule has 0 aliphatic heterocycles. The van der Waals surface area contributed by atoms with Crippen molar-refractivity contribution in [3.8, 4) is 23.3 Å². The first-order chi connectivity index (χ1) is 17.5. The Morgan fingerprint density at radius 2 is 1.75 bits per heavy atom. The van der Waals surface area contributed by atoms with Gasteiger partial charge in [0.25, 0.3) is 5.91 Å². The molecule has 2 aromatic carbocycles. The van der Waals surface area contributed by atoms with Gasteiger partial charge < -0.3 is 20.1 Å². The van der Waals surface area contributed by atoms with E-state index in [9.17, 15) is 9.59 Å². The molecular weight excluding hydrogens is 456 g/mol. The van der Waals surface area contributed by atoms with Crippen LogP contribution in [0.2, 0.25) is 0 Å². The van der Waals surface area contributed by atoms with Crippen molar-refractivity contribution in [2.24, 2.45) is 0 Å². The van der Waals surface area contributed by atoms with Crippen LogP contribution in [-0.2, 0) is 4.74 Å². The second-order valence-corrected chi connectivity index (χ2v) is 7.85. The van der Waals surface area contributed by atoms with Gasteiger partial charge in [-0.3, -0.25) is 9.59 Å². The topological polar surface area (TPSA) is 102 Å². The van der Waals surface area contributed by atoms with E-state index in [2.05, 4.69) is 32.4 Å². The zero-order chi connectivity index (χ0) is 25.5. The highest BCUT2D eigenvalue weighted by Crippen LogP contribution is 2.32. The first kappa shape index (κ1) is 24.4. The SMILES string of the molecule is CNc1cc(Oc2ccc(C(=O)Nc3cc(C)ccn3)cc2)c2cc(C(=O)C#CCOC)ccc2n1. The molecule has 8 nitrogen and oxygen atoms in total. The van der Waals surface area contributed by atoms with Crippen LogP contribution in [0.3, 0.4) is 0 Å². The number of carbonyl (C=O) groups is 2. The molecule has 180 valence electrons. The van der Waals surface area contributed by atoms with Gasteiger partial charge in [0.15, 0.2) is 0 Å². The Morgan fingerprint density at radius 3 is 2.47 bits per heavy atom. The largest absolute Gasteiger partial charge is 0.457 e. The minimum absolute atomic E-state index is 0.177. The Bertz CT molecular complexity index is 1490. The van der Waals surface area contributed by atoms with Gasteiger partial charge in [0, 0.05) is 42.9 Å². The molecular formula is C28H24N4O4. The fraction of sp³-hybridized carbons (Fsp3) is 0.143. The maximum Gasteiger partial charge on any atom is 0.256 e. The van der Waals surface area contributed by atoms with Gasteiger partial charge >= 0.3 is 0 Å². The standard InChI is InChI=1S/C28H24N4O4/c1-18-12-13-30-27(15-18)32-28(34)19-6-9-21(10-7-19)36-25-17-26(29-2)31-23-11-8-20(16-22(23)25)24(33)5-4-14-35-3/h6-13,15-17H,14H2,1-3H3,(H,29,31)(H,30,32,34). The Labute approximate surface area is 208 Å². The molecule has 2 heterocycles. The molecule has 0 bridgehead atoms. The number of ether oxygens (including phenoxy) is 2. The van der Waals surface area contributed by atoms with E-state index in [0.717, 1.165) is 5.56 Å². The number of pyridine rings is 2. The van der Waals surface area contributed by atoms with Crippen molar-refractivity contribution < 1.29 is 19.1 Å². The van der Waals surface area contributed by atoms with Crippen molar-refractivity contribution in [1.29, 1.82) is 0 Å². The van der Waals surface area contributed by atoms with Crippen molar-refractivity contribution in [3.05, 3.63) is 83.6 Å². The summed E-state index contributed by atoms with van der Waals surface area (Å²) < 4.78 is 11.0. The van der Waals surface area contributed by atoms with E-state index in [0.29, 0.717) is 45.2 Å². The zero-order valence-corrected chi connectivity index (χ0v) is 20.1. The van der Waals surface area contributed by atoms with Crippen molar-refractivity contribution in [1.82, 2.24) is 9.97 Å². The van der Waals surface area contributed by atoms with Crippen LogP contribution in [0.5, 0.6) is 11.5 Å². The lowest BCUT2D eigenvalue weighted by molar-refractivity contribution is 0.102. The normalized spacial score (nSPS) is 10.3. The van der Waals surface area contributed by atoms with Crippen LogP contribution in [0.25, 0.3) is 10.9 Å². The minimum Gasteiger partial charge on any atom is -0.457 e. The van der Waals surface area contributed by atoms with Gasteiger partial charge in [0.1, 0.15) is 29.7 Å². The van der Waals surface area contributed by atoms with Crippen molar-refractivity contribution >= 4 is 34.2 Å². The smallest absolute Gasteiger partial charge is 0.256 e. The number of rotatable bonds is 7. The predicted octanol–water partition coefficient (Wildman–Crippen LogP) is 4.86. The van der Waals surface area contributed by atoms with E-state index in [4.69, 9.17) is 9.47 Å². The van der Waals surface area contributed by atoms with Crippen LogP contribution in [0.1, 0.15) is 26.3 Å². The molecule has 0 aliphatic rings. The molecule has 1 amide bonds. The van der Waals surface area contributed by atoms with E-state index in [1.54, 1.807) is 67.8 Å². The number of anilines is 2. The Kier molecular flexibility index (Phi) is 7.54. The number of ketones is 1. The molecule has 0 saturated carbocycles. The predicted molar refractivity (Wildman–Crippen MR) is 139 cm³/mol. The summed E-state index contributed by atoms with van der Waals surface area (Å²) in [6, 6.07) is 17.3. The summed E-state index contributed by atoms with van der Waals surface area (Å²) in [5.74, 6) is 6.76. The number of fused-ring (bicyclic) bond motifs is 1. The molecule has 2 aromatic heterocycles. The lowest BCUT2D eigenvalue weighted by atomic mass is 10.1. The molecule has 4 aromatic rings. The summed E-state index contributed by atoms with van der Waals surface area (Å²) in [6.07, 6.45) is 1.64. The van der Waals surface area contributed by atoms with Crippen LogP contribution in [0, 0.1) is 18.8 Å². The molecule has 0 fully saturated rings. The third-order valence-electron chi connectivity index (χ3n) is 5.21. The van der Waals surface area contributed by atoms with Crippen LogP contribution in [0.15, 0.2) is 66.9 Å². The number of Topliss-reactive ketones (excluding diaryl/α,β-unsaturated/α-hetero) is 1. The molecule has 2 N–H and O–H groups in total. The van der Waals surface area contributed by atoms with E-state index in [1.165, 1.54) is 7.11 Å². The Balaban J connectivity index is 1.59. The summed E-state index contributed by atoms with van der Waals surface area (Å²) >= 11 is 0. The van der Waals surface area contributed by atoms with Crippen LogP contribution in [0.4, 0.5) is 11.6 Å². The highest BCUT2D eigenvalue weighted by Gasteiger charge is 2.13. The maximum atomic E-state index is 12.6. The minimum atomic E-state index is -0.323. The number of aryl methyl sites for hydroxylation is 1.